The molecule has 21 heavy (non-hydrogen) atoms. The van der Waals surface area contributed by atoms with Gasteiger partial charge in [-0.2, -0.15) is 5.10 Å². The van der Waals surface area contributed by atoms with E-state index in [1.807, 2.05) is 29.0 Å². The molecule has 0 fully saturated rings. The SMILES string of the molecule is O=C(/C=C/c1cccs1)Nc1ccnn1Cc1cccs1. The molecule has 3 aromatic heterocycles. The average Bonchev–Trinajstić information content (AvgIpc) is 3.20. The summed E-state index contributed by atoms with van der Waals surface area (Å²) in [4.78, 5) is 14.2. The van der Waals surface area contributed by atoms with Gasteiger partial charge in [0.2, 0.25) is 5.91 Å². The van der Waals surface area contributed by atoms with Crippen LogP contribution in [0, 0.1) is 0 Å². The molecule has 3 rings (SSSR count). The van der Waals surface area contributed by atoms with E-state index in [1.54, 1.807) is 45.7 Å². The van der Waals surface area contributed by atoms with Crippen LogP contribution < -0.4 is 5.32 Å². The number of hydrogen-bond acceptors (Lipinski definition) is 4. The van der Waals surface area contributed by atoms with E-state index in [0.717, 1.165) is 4.88 Å². The molecule has 0 radical (unpaired) electrons. The van der Waals surface area contributed by atoms with Crippen LogP contribution >= 0.6 is 22.7 Å². The van der Waals surface area contributed by atoms with Gasteiger partial charge >= 0.3 is 0 Å². The number of hydrogen-bond donors (Lipinski definition) is 1. The molecule has 3 aromatic rings. The number of rotatable bonds is 5. The molecule has 106 valence electrons. The summed E-state index contributed by atoms with van der Waals surface area (Å²) < 4.78 is 1.78. The summed E-state index contributed by atoms with van der Waals surface area (Å²) in [7, 11) is 0. The van der Waals surface area contributed by atoms with Crippen molar-refractivity contribution < 1.29 is 4.79 Å². The summed E-state index contributed by atoms with van der Waals surface area (Å²) in [6.45, 7) is 0.662. The maximum atomic E-state index is 11.9. The molecule has 1 amide bonds. The van der Waals surface area contributed by atoms with Crippen LogP contribution in [0.15, 0.2) is 53.4 Å². The van der Waals surface area contributed by atoms with Gasteiger partial charge in [0.25, 0.3) is 0 Å². The molecular weight excluding hydrogens is 302 g/mol. The van der Waals surface area contributed by atoms with Crippen molar-refractivity contribution in [2.45, 2.75) is 6.54 Å². The predicted molar refractivity (Wildman–Crippen MR) is 87.6 cm³/mol. The Morgan fingerprint density at radius 2 is 2.10 bits per heavy atom. The lowest BCUT2D eigenvalue weighted by Crippen LogP contribution is -2.13. The predicted octanol–water partition coefficient (Wildman–Crippen LogP) is 3.71. The second kappa shape index (κ2) is 6.51. The van der Waals surface area contributed by atoms with Crippen molar-refractivity contribution in [3.63, 3.8) is 0 Å². The zero-order chi connectivity index (χ0) is 14.5. The summed E-state index contributed by atoms with van der Waals surface area (Å²) in [6.07, 6.45) is 5.03. The summed E-state index contributed by atoms with van der Waals surface area (Å²) in [6, 6.07) is 9.78. The fourth-order valence-corrected chi connectivity index (χ4v) is 3.13. The van der Waals surface area contributed by atoms with Crippen molar-refractivity contribution in [3.8, 4) is 0 Å². The Kier molecular flexibility index (Phi) is 4.28. The Morgan fingerprint density at radius 1 is 1.24 bits per heavy atom. The lowest BCUT2D eigenvalue weighted by Gasteiger charge is -2.06. The van der Waals surface area contributed by atoms with E-state index < -0.39 is 0 Å². The van der Waals surface area contributed by atoms with E-state index >= 15 is 0 Å². The van der Waals surface area contributed by atoms with Gasteiger partial charge < -0.3 is 5.32 Å². The van der Waals surface area contributed by atoms with Gasteiger partial charge in [-0.25, -0.2) is 4.68 Å². The summed E-state index contributed by atoms with van der Waals surface area (Å²) in [5, 5.41) is 11.1. The zero-order valence-corrected chi connectivity index (χ0v) is 12.7. The molecule has 0 bridgehead atoms. The highest BCUT2D eigenvalue weighted by molar-refractivity contribution is 7.10. The molecule has 0 atom stereocenters. The van der Waals surface area contributed by atoms with Crippen molar-refractivity contribution in [3.05, 3.63) is 63.1 Å². The maximum Gasteiger partial charge on any atom is 0.249 e. The van der Waals surface area contributed by atoms with Crippen LogP contribution in [-0.4, -0.2) is 15.7 Å². The number of nitrogens with zero attached hydrogens (tertiary/aromatic N) is 2. The second-order valence-electron chi connectivity index (χ2n) is 4.29. The van der Waals surface area contributed by atoms with E-state index in [4.69, 9.17) is 0 Å². The number of nitrogens with one attached hydrogen (secondary N) is 1. The van der Waals surface area contributed by atoms with Crippen molar-refractivity contribution in [1.29, 1.82) is 0 Å². The Balaban J connectivity index is 1.65. The minimum absolute atomic E-state index is 0.156. The molecule has 0 saturated carbocycles. The van der Waals surface area contributed by atoms with Gasteiger partial charge in [-0.3, -0.25) is 4.79 Å². The smallest absolute Gasteiger partial charge is 0.249 e. The number of thiophene rings is 2. The lowest BCUT2D eigenvalue weighted by molar-refractivity contribution is -0.111. The second-order valence-corrected chi connectivity index (χ2v) is 6.30. The first kappa shape index (κ1) is 13.8. The highest BCUT2D eigenvalue weighted by Crippen LogP contribution is 2.15. The van der Waals surface area contributed by atoms with E-state index in [9.17, 15) is 4.79 Å². The summed E-state index contributed by atoms with van der Waals surface area (Å²) >= 11 is 3.27. The van der Waals surface area contributed by atoms with Crippen molar-refractivity contribution in [1.82, 2.24) is 9.78 Å². The van der Waals surface area contributed by atoms with E-state index in [1.165, 1.54) is 11.0 Å². The molecule has 6 heteroatoms. The molecule has 3 heterocycles. The molecule has 0 unspecified atom stereocenters. The third kappa shape index (κ3) is 3.68. The number of carbonyl (C=O) groups excluding carboxylic acids is 1. The number of anilines is 1. The fourth-order valence-electron chi connectivity index (χ4n) is 1.83. The van der Waals surface area contributed by atoms with Crippen LogP contribution in [0.1, 0.15) is 9.75 Å². The first-order valence-electron chi connectivity index (χ1n) is 6.38. The van der Waals surface area contributed by atoms with Crippen molar-refractivity contribution in [2.75, 3.05) is 5.32 Å². The molecule has 4 nitrogen and oxygen atoms in total. The van der Waals surface area contributed by atoms with Crippen LogP contribution in [0.5, 0.6) is 0 Å². The van der Waals surface area contributed by atoms with E-state index in [2.05, 4.69) is 16.5 Å². The largest absolute Gasteiger partial charge is 0.307 e. The van der Waals surface area contributed by atoms with Crippen LogP contribution in [0.2, 0.25) is 0 Å². The molecule has 0 aromatic carbocycles. The zero-order valence-electron chi connectivity index (χ0n) is 11.1. The monoisotopic (exact) mass is 315 g/mol. The van der Waals surface area contributed by atoms with Gasteiger partial charge in [0.15, 0.2) is 0 Å². The van der Waals surface area contributed by atoms with Gasteiger partial charge in [-0.1, -0.05) is 12.1 Å². The first-order chi connectivity index (χ1) is 10.3. The number of aromatic nitrogens is 2. The Labute approximate surface area is 130 Å². The van der Waals surface area contributed by atoms with Crippen molar-refractivity contribution in [2.24, 2.45) is 0 Å². The topological polar surface area (TPSA) is 46.9 Å². The Bertz CT molecular complexity index is 727. The first-order valence-corrected chi connectivity index (χ1v) is 8.14. The molecule has 0 spiro atoms. The maximum absolute atomic E-state index is 11.9. The van der Waals surface area contributed by atoms with E-state index in [-0.39, 0.29) is 5.91 Å². The summed E-state index contributed by atoms with van der Waals surface area (Å²) in [5.74, 6) is 0.542. The van der Waals surface area contributed by atoms with Crippen LogP contribution in [0.3, 0.4) is 0 Å². The standard InChI is InChI=1S/C15H13N3OS2/c19-15(6-5-12-3-1-9-20-12)17-14-7-8-16-18(14)11-13-4-2-10-21-13/h1-10H,11H2,(H,17,19)/b6-5+. The normalized spacial score (nSPS) is 11.0. The van der Waals surface area contributed by atoms with Gasteiger partial charge in [-0.05, 0) is 29.0 Å². The molecule has 0 aliphatic rings. The third-order valence-corrected chi connectivity index (χ3v) is 4.49. The lowest BCUT2D eigenvalue weighted by atomic mass is 10.4. The van der Waals surface area contributed by atoms with Gasteiger partial charge in [0.1, 0.15) is 5.82 Å². The van der Waals surface area contributed by atoms with Gasteiger partial charge in [0, 0.05) is 21.9 Å². The van der Waals surface area contributed by atoms with Crippen LogP contribution in [-0.2, 0) is 11.3 Å². The summed E-state index contributed by atoms with van der Waals surface area (Å²) in [5.41, 5.74) is 0. The molecule has 1 N–H and O–H groups in total. The third-order valence-electron chi connectivity index (χ3n) is 2.80. The van der Waals surface area contributed by atoms with E-state index in [0.29, 0.717) is 12.4 Å². The molecular formula is C15H13N3OS2. The Hall–Kier alpha value is -2.18. The molecule has 0 saturated heterocycles. The van der Waals surface area contributed by atoms with Crippen molar-refractivity contribution >= 4 is 40.5 Å². The van der Waals surface area contributed by atoms with Gasteiger partial charge in [0.05, 0.1) is 12.7 Å². The molecule has 0 aliphatic heterocycles. The number of carbonyl (C=O) groups is 1. The Morgan fingerprint density at radius 3 is 2.86 bits per heavy atom. The minimum atomic E-state index is -0.156. The average molecular weight is 315 g/mol. The van der Waals surface area contributed by atoms with Crippen LogP contribution in [0.25, 0.3) is 6.08 Å². The fraction of sp³-hybridized carbons (Fsp3) is 0.0667. The highest BCUT2D eigenvalue weighted by atomic mass is 32.1. The molecule has 0 aliphatic carbocycles. The van der Waals surface area contributed by atoms with Gasteiger partial charge in [-0.15, -0.1) is 22.7 Å². The van der Waals surface area contributed by atoms with Crippen LogP contribution in [0.4, 0.5) is 5.82 Å². The quantitative estimate of drug-likeness (QED) is 0.730. The minimum Gasteiger partial charge on any atom is -0.307 e. The highest BCUT2D eigenvalue weighted by Gasteiger charge is 2.06. The number of amides is 1.